The number of carbonyl (C=O) groups is 1. The average Bonchev–Trinajstić information content (AvgIpc) is 2.20. The van der Waals surface area contributed by atoms with E-state index in [1.807, 2.05) is 6.07 Å². The number of aromatic nitrogens is 1. The number of hydrogen-bond donors (Lipinski definition) is 2. The van der Waals surface area contributed by atoms with Gasteiger partial charge in [-0.05, 0) is 12.1 Å². The highest BCUT2D eigenvalue weighted by molar-refractivity contribution is 5.77. The highest BCUT2D eigenvalue weighted by atomic mass is 16.2. The molecule has 0 unspecified atom stereocenters. The Hall–Kier alpha value is -1.62. The summed E-state index contributed by atoms with van der Waals surface area (Å²) in [6, 6.07) is 3.63. The molecule has 0 saturated heterocycles. The molecule has 0 aromatic carbocycles. The number of pyridine rings is 1. The molecule has 3 N–H and O–H groups in total. The van der Waals surface area contributed by atoms with Crippen LogP contribution in [0.2, 0.25) is 0 Å². The Bertz CT molecular complexity index is 321. The Morgan fingerprint density at radius 2 is 2.27 bits per heavy atom. The molecule has 0 saturated carbocycles. The second-order valence-corrected chi connectivity index (χ2v) is 3.47. The van der Waals surface area contributed by atoms with Crippen molar-refractivity contribution >= 4 is 11.6 Å². The number of likely N-dealkylation sites (N-methyl/N-ethyl adjacent to an activating group) is 1. The third-order valence-corrected chi connectivity index (χ3v) is 1.93. The summed E-state index contributed by atoms with van der Waals surface area (Å²) in [6.07, 6.45) is 1.60. The fourth-order valence-corrected chi connectivity index (χ4v) is 0.996. The first-order valence-electron chi connectivity index (χ1n) is 4.71. The molecule has 0 bridgehead atoms. The summed E-state index contributed by atoms with van der Waals surface area (Å²) in [5.74, 6) is 0.0467. The number of anilines is 1. The van der Waals surface area contributed by atoms with Crippen LogP contribution in [0.1, 0.15) is 5.69 Å². The van der Waals surface area contributed by atoms with Gasteiger partial charge in [-0.15, -0.1) is 0 Å². The molecule has 5 heteroatoms. The fraction of sp³-hybridized carbons (Fsp3) is 0.400. The van der Waals surface area contributed by atoms with Crippen molar-refractivity contribution in [2.24, 2.45) is 0 Å². The molecule has 0 aliphatic rings. The quantitative estimate of drug-likeness (QED) is 0.721. The van der Waals surface area contributed by atoms with Crippen LogP contribution in [0.4, 0.5) is 5.69 Å². The molecule has 0 radical (unpaired) electrons. The Kier molecular flexibility index (Phi) is 4.05. The standard InChI is InChI=1S/C10H16N4O/c1-14(2)10(15)7-12-6-9-4-3-8(11)5-13-9/h3-5,12H,6-7,11H2,1-2H3. The summed E-state index contributed by atoms with van der Waals surface area (Å²) in [5.41, 5.74) is 7.01. The summed E-state index contributed by atoms with van der Waals surface area (Å²) in [4.78, 5) is 16.9. The van der Waals surface area contributed by atoms with E-state index in [9.17, 15) is 4.79 Å². The second-order valence-electron chi connectivity index (χ2n) is 3.47. The molecule has 1 heterocycles. The number of nitrogen functional groups attached to an aromatic ring is 1. The number of rotatable bonds is 4. The Morgan fingerprint density at radius 3 is 2.80 bits per heavy atom. The van der Waals surface area contributed by atoms with Crippen molar-refractivity contribution in [2.75, 3.05) is 26.4 Å². The SMILES string of the molecule is CN(C)C(=O)CNCc1ccc(N)cn1. The summed E-state index contributed by atoms with van der Waals surface area (Å²) >= 11 is 0. The van der Waals surface area contributed by atoms with Crippen molar-refractivity contribution in [3.63, 3.8) is 0 Å². The highest BCUT2D eigenvalue weighted by Crippen LogP contribution is 2.00. The van der Waals surface area contributed by atoms with Gasteiger partial charge in [0.25, 0.3) is 0 Å². The third-order valence-electron chi connectivity index (χ3n) is 1.93. The van der Waals surface area contributed by atoms with Gasteiger partial charge in [0.05, 0.1) is 24.1 Å². The maximum absolute atomic E-state index is 11.2. The van der Waals surface area contributed by atoms with Gasteiger partial charge in [0, 0.05) is 20.6 Å². The van der Waals surface area contributed by atoms with E-state index in [2.05, 4.69) is 10.3 Å². The van der Waals surface area contributed by atoms with Gasteiger partial charge in [-0.3, -0.25) is 9.78 Å². The van der Waals surface area contributed by atoms with Gasteiger partial charge in [-0.2, -0.15) is 0 Å². The van der Waals surface area contributed by atoms with E-state index in [4.69, 9.17) is 5.73 Å². The second kappa shape index (κ2) is 5.31. The zero-order chi connectivity index (χ0) is 11.3. The van der Waals surface area contributed by atoms with Crippen LogP contribution in [0.15, 0.2) is 18.3 Å². The van der Waals surface area contributed by atoms with Crippen LogP contribution >= 0.6 is 0 Å². The average molecular weight is 208 g/mol. The molecule has 15 heavy (non-hydrogen) atoms. The van der Waals surface area contributed by atoms with E-state index in [0.29, 0.717) is 18.8 Å². The van der Waals surface area contributed by atoms with Crippen LogP contribution in [0.25, 0.3) is 0 Å². The largest absolute Gasteiger partial charge is 0.397 e. The highest BCUT2D eigenvalue weighted by Gasteiger charge is 2.02. The lowest BCUT2D eigenvalue weighted by Crippen LogP contribution is -2.32. The van der Waals surface area contributed by atoms with Crippen LogP contribution < -0.4 is 11.1 Å². The predicted molar refractivity (Wildman–Crippen MR) is 59.1 cm³/mol. The number of carbonyl (C=O) groups excluding carboxylic acids is 1. The first-order valence-corrected chi connectivity index (χ1v) is 4.71. The van der Waals surface area contributed by atoms with Gasteiger partial charge < -0.3 is 16.0 Å². The molecule has 0 aliphatic carbocycles. The Balaban J connectivity index is 2.32. The van der Waals surface area contributed by atoms with E-state index >= 15 is 0 Å². The van der Waals surface area contributed by atoms with Crippen molar-refractivity contribution in [1.82, 2.24) is 15.2 Å². The molecule has 1 rings (SSSR count). The van der Waals surface area contributed by atoms with E-state index in [1.54, 1.807) is 31.3 Å². The molecule has 5 nitrogen and oxygen atoms in total. The number of hydrogen-bond acceptors (Lipinski definition) is 4. The van der Waals surface area contributed by atoms with E-state index in [1.165, 1.54) is 0 Å². The van der Waals surface area contributed by atoms with Crippen LogP contribution in [0.3, 0.4) is 0 Å². The van der Waals surface area contributed by atoms with Crippen LogP contribution in [0, 0.1) is 0 Å². The molecular weight excluding hydrogens is 192 g/mol. The summed E-state index contributed by atoms with van der Waals surface area (Å²) in [5, 5.41) is 3.01. The lowest BCUT2D eigenvalue weighted by molar-refractivity contribution is -0.127. The van der Waals surface area contributed by atoms with Crippen molar-refractivity contribution in [3.8, 4) is 0 Å². The van der Waals surface area contributed by atoms with Gasteiger partial charge in [-0.1, -0.05) is 0 Å². The molecular formula is C10H16N4O. The van der Waals surface area contributed by atoms with Gasteiger partial charge in [0.2, 0.25) is 5.91 Å². The van der Waals surface area contributed by atoms with Crippen LogP contribution in [-0.4, -0.2) is 36.4 Å². The monoisotopic (exact) mass is 208 g/mol. The number of nitrogens with one attached hydrogen (secondary N) is 1. The topological polar surface area (TPSA) is 71.2 Å². The van der Waals surface area contributed by atoms with Gasteiger partial charge in [0.15, 0.2) is 0 Å². The van der Waals surface area contributed by atoms with Crippen molar-refractivity contribution in [1.29, 1.82) is 0 Å². The van der Waals surface area contributed by atoms with Crippen molar-refractivity contribution in [2.45, 2.75) is 6.54 Å². The van der Waals surface area contributed by atoms with Crippen LogP contribution in [-0.2, 0) is 11.3 Å². The molecule has 0 spiro atoms. The molecule has 82 valence electrons. The molecule has 1 aromatic heterocycles. The smallest absolute Gasteiger partial charge is 0.236 e. The van der Waals surface area contributed by atoms with Crippen molar-refractivity contribution < 1.29 is 4.79 Å². The van der Waals surface area contributed by atoms with Crippen LogP contribution in [0.5, 0.6) is 0 Å². The fourth-order valence-electron chi connectivity index (χ4n) is 0.996. The van der Waals surface area contributed by atoms with E-state index in [-0.39, 0.29) is 5.91 Å². The first-order chi connectivity index (χ1) is 7.09. The van der Waals surface area contributed by atoms with Gasteiger partial charge in [0.1, 0.15) is 0 Å². The van der Waals surface area contributed by atoms with E-state index < -0.39 is 0 Å². The minimum atomic E-state index is 0.0467. The lowest BCUT2D eigenvalue weighted by atomic mass is 10.3. The zero-order valence-corrected chi connectivity index (χ0v) is 9.03. The van der Waals surface area contributed by atoms with Gasteiger partial charge in [-0.25, -0.2) is 0 Å². The molecule has 1 amide bonds. The lowest BCUT2D eigenvalue weighted by Gasteiger charge is -2.10. The molecule has 0 atom stereocenters. The third kappa shape index (κ3) is 3.95. The minimum Gasteiger partial charge on any atom is -0.397 e. The molecule has 0 aliphatic heterocycles. The maximum atomic E-state index is 11.2. The maximum Gasteiger partial charge on any atom is 0.236 e. The number of amides is 1. The Labute approximate surface area is 89.3 Å². The predicted octanol–water partition coefficient (Wildman–Crippen LogP) is -0.158. The number of nitrogens with zero attached hydrogens (tertiary/aromatic N) is 2. The zero-order valence-electron chi connectivity index (χ0n) is 9.03. The molecule has 0 fully saturated rings. The molecule has 1 aromatic rings. The van der Waals surface area contributed by atoms with E-state index in [0.717, 1.165) is 5.69 Å². The summed E-state index contributed by atoms with van der Waals surface area (Å²) in [6.45, 7) is 0.888. The Morgan fingerprint density at radius 1 is 1.53 bits per heavy atom. The first kappa shape index (κ1) is 11.5. The van der Waals surface area contributed by atoms with Gasteiger partial charge >= 0.3 is 0 Å². The normalized spacial score (nSPS) is 10.0. The summed E-state index contributed by atoms with van der Waals surface area (Å²) < 4.78 is 0. The minimum absolute atomic E-state index is 0.0467. The summed E-state index contributed by atoms with van der Waals surface area (Å²) in [7, 11) is 3.46. The van der Waals surface area contributed by atoms with Crippen molar-refractivity contribution in [3.05, 3.63) is 24.0 Å². The number of nitrogens with two attached hydrogens (primary N) is 1.